The molecule has 0 spiro atoms. The molecule has 0 saturated carbocycles. The van der Waals surface area contributed by atoms with Gasteiger partial charge in [0.15, 0.2) is 5.69 Å². The molecule has 0 aliphatic carbocycles. The van der Waals surface area contributed by atoms with Crippen molar-refractivity contribution in [3.63, 3.8) is 0 Å². The average molecular weight is 437 g/mol. The molecule has 5 nitrogen and oxygen atoms in total. The highest BCUT2D eigenvalue weighted by atomic mass is 32.1. The Labute approximate surface area is 166 Å². The second kappa shape index (κ2) is 8.85. The second-order valence-corrected chi connectivity index (χ2v) is 6.56. The van der Waals surface area contributed by atoms with Gasteiger partial charge < -0.3 is 9.47 Å². The largest absolute Gasteiger partial charge is 0.462 e. The number of thiophene rings is 1. The van der Waals surface area contributed by atoms with Crippen LogP contribution in [0.3, 0.4) is 0 Å². The molecular formula is C18H16F5NO4S. The Morgan fingerprint density at radius 3 is 2.07 bits per heavy atom. The number of halogens is 5. The van der Waals surface area contributed by atoms with Gasteiger partial charge in [0.1, 0.15) is 5.69 Å². The maximum Gasteiger partial charge on any atom is 0.434 e. The van der Waals surface area contributed by atoms with Gasteiger partial charge in [-0.2, -0.15) is 13.2 Å². The smallest absolute Gasteiger partial charge is 0.434 e. The van der Waals surface area contributed by atoms with Gasteiger partial charge in [0.2, 0.25) is 0 Å². The van der Waals surface area contributed by atoms with Crippen molar-refractivity contribution in [3.05, 3.63) is 39.5 Å². The molecule has 0 aliphatic rings. The van der Waals surface area contributed by atoms with Gasteiger partial charge in [-0.05, 0) is 37.8 Å². The van der Waals surface area contributed by atoms with Gasteiger partial charge in [-0.25, -0.2) is 23.4 Å². The first-order chi connectivity index (χ1) is 13.5. The third-order valence-electron chi connectivity index (χ3n) is 3.75. The van der Waals surface area contributed by atoms with Gasteiger partial charge in [0.05, 0.1) is 24.3 Å². The molecule has 0 aliphatic heterocycles. The van der Waals surface area contributed by atoms with Crippen molar-refractivity contribution >= 4 is 23.3 Å². The first-order valence-corrected chi connectivity index (χ1v) is 9.24. The van der Waals surface area contributed by atoms with E-state index >= 15 is 0 Å². The summed E-state index contributed by atoms with van der Waals surface area (Å²) in [5.74, 6) is -2.74. The molecular weight excluding hydrogens is 421 g/mol. The zero-order valence-electron chi connectivity index (χ0n) is 15.5. The highest BCUT2D eigenvalue weighted by Gasteiger charge is 2.44. The number of esters is 2. The molecule has 158 valence electrons. The quantitative estimate of drug-likeness (QED) is 0.446. The normalized spacial score (nSPS) is 11.6. The van der Waals surface area contributed by atoms with E-state index in [0.29, 0.717) is 5.56 Å². The van der Waals surface area contributed by atoms with Crippen molar-refractivity contribution in [3.8, 4) is 10.4 Å². The van der Waals surface area contributed by atoms with Crippen LogP contribution in [-0.4, -0.2) is 30.1 Å². The minimum Gasteiger partial charge on any atom is -0.462 e. The van der Waals surface area contributed by atoms with Crippen LogP contribution in [0.15, 0.2) is 11.4 Å². The van der Waals surface area contributed by atoms with Crippen LogP contribution in [0.25, 0.3) is 10.4 Å². The summed E-state index contributed by atoms with van der Waals surface area (Å²) in [6, 6.07) is 1.51. The monoisotopic (exact) mass is 437 g/mol. The summed E-state index contributed by atoms with van der Waals surface area (Å²) in [5, 5.41) is 1.49. The predicted molar refractivity (Wildman–Crippen MR) is 94.2 cm³/mol. The Balaban J connectivity index is 3.10. The molecule has 0 atom stereocenters. The number of hydrogen-bond donors (Lipinski definition) is 0. The van der Waals surface area contributed by atoms with Gasteiger partial charge in [0.25, 0.3) is 6.43 Å². The summed E-state index contributed by atoms with van der Waals surface area (Å²) >= 11 is 0.886. The Kier molecular flexibility index (Phi) is 6.93. The molecule has 2 rings (SSSR count). The fourth-order valence-electron chi connectivity index (χ4n) is 2.63. The van der Waals surface area contributed by atoms with Crippen molar-refractivity contribution in [2.45, 2.75) is 33.4 Å². The zero-order valence-corrected chi connectivity index (χ0v) is 16.3. The highest BCUT2D eigenvalue weighted by Crippen LogP contribution is 2.43. The number of pyridine rings is 1. The van der Waals surface area contributed by atoms with E-state index in [1.54, 1.807) is 0 Å². The van der Waals surface area contributed by atoms with E-state index in [0.717, 1.165) is 11.3 Å². The minimum atomic E-state index is -5.25. The molecule has 0 amide bonds. The van der Waals surface area contributed by atoms with E-state index in [4.69, 9.17) is 9.47 Å². The maximum absolute atomic E-state index is 13.7. The third kappa shape index (κ3) is 4.55. The van der Waals surface area contributed by atoms with Crippen molar-refractivity contribution in [2.24, 2.45) is 0 Å². The average Bonchev–Trinajstić information content (AvgIpc) is 3.04. The summed E-state index contributed by atoms with van der Waals surface area (Å²) in [6.07, 6.45) is -8.77. The van der Waals surface area contributed by atoms with Crippen molar-refractivity contribution in [1.29, 1.82) is 0 Å². The Bertz CT molecular complexity index is 924. The van der Waals surface area contributed by atoms with Crippen LogP contribution in [0.4, 0.5) is 22.0 Å². The van der Waals surface area contributed by atoms with Crippen LogP contribution >= 0.6 is 11.3 Å². The van der Waals surface area contributed by atoms with Gasteiger partial charge >= 0.3 is 18.1 Å². The summed E-state index contributed by atoms with van der Waals surface area (Å²) < 4.78 is 77.8. The molecule has 2 heterocycles. The van der Waals surface area contributed by atoms with E-state index in [1.165, 1.54) is 32.2 Å². The van der Waals surface area contributed by atoms with Gasteiger partial charge in [-0.15, -0.1) is 11.3 Å². The summed E-state index contributed by atoms with van der Waals surface area (Å²) in [7, 11) is 0. The van der Waals surface area contributed by atoms with Crippen LogP contribution in [0.2, 0.25) is 0 Å². The minimum absolute atomic E-state index is 0.0332. The first-order valence-electron chi connectivity index (χ1n) is 8.36. The lowest BCUT2D eigenvalue weighted by molar-refractivity contribution is -0.142. The number of hydrogen-bond acceptors (Lipinski definition) is 6. The van der Waals surface area contributed by atoms with Crippen molar-refractivity contribution in [2.75, 3.05) is 13.2 Å². The molecule has 2 aromatic heterocycles. The maximum atomic E-state index is 13.7. The number of ether oxygens (including phenoxy) is 2. The number of alkyl halides is 5. The topological polar surface area (TPSA) is 65.5 Å². The molecule has 0 fully saturated rings. The van der Waals surface area contributed by atoms with Crippen molar-refractivity contribution in [1.82, 2.24) is 4.98 Å². The lowest BCUT2D eigenvalue weighted by Gasteiger charge is -2.20. The number of carbonyl (C=O) groups excluding carboxylic acids is 2. The summed E-state index contributed by atoms with van der Waals surface area (Å²) in [4.78, 5) is 27.9. The second-order valence-electron chi connectivity index (χ2n) is 5.64. The van der Waals surface area contributed by atoms with E-state index in [1.807, 2.05) is 0 Å². The molecule has 0 bridgehead atoms. The molecule has 29 heavy (non-hydrogen) atoms. The van der Waals surface area contributed by atoms with E-state index < -0.39 is 52.6 Å². The number of aryl methyl sites for hydroxylation is 1. The number of carbonyl (C=O) groups is 2. The molecule has 0 N–H and O–H groups in total. The molecule has 0 aromatic carbocycles. The molecule has 11 heteroatoms. The van der Waals surface area contributed by atoms with Gasteiger partial charge in [-0.1, -0.05) is 0 Å². The summed E-state index contributed by atoms with van der Waals surface area (Å²) in [5.41, 5.74) is -5.48. The SMILES string of the molecule is CCOC(=O)c1c(C(F)F)nc(C(F)(F)F)c(C(=O)OCC)c1-c1sccc1C. The first kappa shape index (κ1) is 22.7. The van der Waals surface area contributed by atoms with Gasteiger partial charge in [0, 0.05) is 10.4 Å². The Hall–Kier alpha value is -2.56. The predicted octanol–water partition coefficient (Wildman–Crippen LogP) is 5.43. The Morgan fingerprint density at radius 2 is 1.66 bits per heavy atom. The summed E-state index contributed by atoms with van der Waals surface area (Å²) in [6.45, 7) is 3.78. The van der Waals surface area contributed by atoms with E-state index in [9.17, 15) is 31.5 Å². The molecule has 0 unspecified atom stereocenters. The standard InChI is InChI=1S/C18H16F5NO4S/c1-4-27-16(25)10-9(13-8(3)6-7-29-13)11(17(26)28-5-2)14(18(21,22)23)24-12(10)15(19)20/h6-7,15H,4-5H2,1-3H3. The van der Waals surface area contributed by atoms with Crippen LogP contribution in [0.5, 0.6) is 0 Å². The van der Waals surface area contributed by atoms with Crippen molar-refractivity contribution < 1.29 is 41.0 Å². The van der Waals surface area contributed by atoms with E-state index in [2.05, 4.69) is 4.98 Å². The number of aromatic nitrogens is 1. The van der Waals surface area contributed by atoms with Crippen LogP contribution in [0, 0.1) is 6.92 Å². The molecule has 0 radical (unpaired) electrons. The number of rotatable bonds is 6. The highest BCUT2D eigenvalue weighted by molar-refractivity contribution is 7.13. The lowest BCUT2D eigenvalue weighted by Crippen LogP contribution is -2.24. The Morgan fingerprint density at radius 1 is 1.10 bits per heavy atom. The van der Waals surface area contributed by atoms with E-state index in [-0.39, 0.29) is 18.1 Å². The fourth-order valence-corrected chi connectivity index (χ4v) is 3.62. The molecule has 2 aromatic rings. The zero-order chi connectivity index (χ0) is 21.9. The lowest BCUT2D eigenvalue weighted by atomic mass is 9.94. The third-order valence-corrected chi connectivity index (χ3v) is 4.78. The van der Waals surface area contributed by atoms with Crippen LogP contribution in [-0.2, 0) is 15.7 Å². The van der Waals surface area contributed by atoms with Crippen LogP contribution in [0.1, 0.15) is 57.9 Å². The number of nitrogens with zero attached hydrogens (tertiary/aromatic N) is 1. The molecule has 0 saturated heterocycles. The van der Waals surface area contributed by atoms with Gasteiger partial charge in [-0.3, -0.25) is 0 Å². The fraction of sp³-hybridized carbons (Fsp3) is 0.389. The van der Waals surface area contributed by atoms with Crippen LogP contribution < -0.4 is 0 Å².